The molecule has 10 heteroatoms. The van der Waals surface area contributed by atoms with Gasteiger partial charge in [-0.3, -0.25) is 4.79 Å². The number of hydrogen-bond acceptors (Lipinski definition) is 7. The predicted octanol–water partition coefficient (Wildman–Crippen LogP) is 4.40. The summed E-state index contributed by atoms with van der Waals surface area (Å²) in [5.41, 5.74) is 2.12. The minimum Gasteiger partial charge on any atom is -0.495 e. The highest BCUT2D eigenvalue weighted by atomic mass is 35.5. The number of carbonyl (C=O) groups excluding carboxylic acids is 1. The Morgan fingerprint density at radius 3 is 2.53 bits per heavy atom. The fourth-order valence-corrected chi connectivity index (χ4v) is 5.00. The molecule has 2 aromatic carbocycles. The van der Waals surface area contributed by atoms with Crippen molar-refractivity contribution >= 4 is 46.0 Å². The lowest BCUT2D eigenvalue weighted by Crippen LogP contribution is -2.37. The Kier molecular flexibility index (Phi) is 7.30. The van der Waals surface area contributed by atoms with Crippen LogP contribution >= 0.6 is 23.2 Å². The van der Waals surface area contributed by atoms with E-state index in [0.717, 1.165) is 16.5 Å². The molecule has 1 amide bonds. The molecular formula is C24H26Cl2N4O4. The van der Waals surface area contributed by atoms with E-state index in [1.807, 2.05) is 25.1 Å². The smallest absolute Gasteiger partial charge is 0.223 e. The Bertz CT molecular complexity index is 1200. The Labute approximate surface area is 207 Å². The number of hydrogen-bond donors (Lipinski definition) is 2. The largest absolute Gasteiger partial charge is 0.495 e. The number of carbonyl (C=O) groups is 1. The van der Waals surface area contributed by atoms with E-state index in [2.05, 4.69) is 15.3 Å². The molecule has 0 aliphatic carbocycles. The fraction of sp³-hybridized carbons (Fsp3) is 0.375. The van der Waals surface area contributed by atoms with Crippen molar-refractivity contribution in [3.05, 3.63) is 40.5 Å². The van der Waals surface area contributed by atoms with Crippen LogP contribution in [0.5, 0.6) is 11.5 Å². The number of fused-ring (bicyclic) bond motifs is 1. The van der Waals surface area contributed by atoms with Crippen LogP contribution in [0.4, 0.5) is 5.95 Å². The minimum absolute atomic E-state index is 0.0294. The van der Waals surface area contributed by atoms with E-state index in [-0.39, 0.29) is 24.6 Å². The molecule has 2 atom stereocenters. The number of aromatic nitrogens is 2. The van der Waals surface area contributed by atoms with Crippen LogP contribution in [0, 0.1) is 0 Å². The summed E-state index contributed by atoms with van der Waals surface area (Å²) in [4.78, 5) is 23.0. The number of anilines is 1. The number of nitrogens with one attached hydrogen (secondary N) is 1. The number of amides is 1. The molecule has 1 aliphatic heterocycles. The lowest BCUT2D eigenvalue weighted by Gasteiger charge is -2.22. The van der Waals surface area contributed by atoms with Crippen molar-refractivity contribution in [2.75, 3.05) is 32.7 Å². The van der Waals surface area contributed by atoms with Crippen molar-refractivity contribution in [2.24, 2.45) is 0 Å². The molecule has 3 aromatic rings. The molecule has 1 fully saturated rings. The van der Waals surface area contributed by atoms with E-state index < -0.39 is 0 Å². The topological polar surface area (TPSA) is 96.8 Å². The Balaban J connectivity index is 1.61. The van der Waals surface area contributed by atoms with Crippen molar-refractivity contribution in [1.82, 2.24) is 14.9 Å². The first-order valence-corrected chi connectivity index (χ1v) is 11.7. The van der Waals surface area contributed by atoms with E-state index in [0.29, 0.717) is 52.4 Å². The molecule has 34 heavy (non-hydrogen) atoms. The lowest BCUT2D eigenvalue weighted by atomic mass is 10.0. The fourth-order valence-electron chi connectivity index (χ4n) is 4.28. The first-order valence-electron chi connectivity index (χ1n) is 10.9. The van der Waals surface area contributed by atoms with E-state index in [1.165, 1.54) is 14.2 Å². The number of halogens is 2. The van der Waals surface area contributed by atoms with Gasteiger partial charge in [-0.15, -0.1) is 0 Å². The van der Waals surface area contributed by atoms with Gasteiger partial charge in [-0.25, -0.2) is 9.97 Å². The first kappa shape index (κ1) is 24.3. The maximum atomic E-state index is 12.2. The van der Waals surface area contributed by atoms with Crippen LogP contribution in [0.15, 0.2) is 30.5 Å². The predicted molar refractivity (Wildman–Crippen MR) is 133 cm³/mol. The number of aliphatic hydroxyl groups is 1. The normalized spacial score (nSPS) is 17.8. The summed E-state index contributed by atoms with van der Waals surface area (Å²) in [5, 5.41) is 14.5. The average Bonchev–Trinajstić information content (AvgIpc) is 3.26. The standard InChI is InChI=1S/C24H26Cl2N4O4/c1-4-20(32)30-11-15(8-16(30)12-31)28-24-27-10-14-7-13(5-6-17(14)29-24)21-22(25)18(33-2)9-19(34-3)23(21)26/h5-7,9-10,15-16,31H,4,8,11-12H2,1-3H3,(H,27,28,29)/t15-,16-/m0/s1. The SMILES string of the molecule is CCC(=O)N1C[C@@H](Nc2ncc3cc(-c4c(Cl)c(OC)cc(OC)c4Cl)ccc3n2)C[C@H]1CO. The van der Waals surface area contributed by atoms with Crippen LogP contribution in [0.1, 0.15) is 19.8 Å². The van der Waals surface area contributed by atoms with E-state index in [1.54, 1.807) is 17.2 Å². The molecule has 0 saturated carbocycles. The molecule has 180 valence electrons. The number of benzene rings is 2. The van der Waals surface area contributed by atoms with Gasteiger partial charge in [0.05, 0.1) is 42.4 Å². The summed E-state index contributed by atoms with van der Waals surface area (Å²) in [6.07, 6.45) is 2.77. The molecule has 1 aliphatic rings. The van der Waals surface area contributed by atoms with Gasteiger partial charge in [0.1, 0.15) is 11.5 Å². The molecule has 0 unspecified atom stereocenters. The third-order valence-corrected chi connectivity index (χ3v) is 6.77. The van der Waals surface area contributed by atoms with Crippen molar-refractivity contribution in [2.45, 2.75) is 31.8 Å². The Morgan fingerprint density at radius 2 is 1.91 bits per heavy atom. The molecule has 0 bridgehead atoms. The highest BCUT2D eigenvalue weighted by molar-refractivity contribution is 6.41. The molecule has 2 heterocycles. The zero-order valence-corrected chi connectivity index (χ0v) is 20.7. The number of likely N-dealkylation sites (tertiary alicyclic amines) is 1. The molecular weight excluding hydrogens is 479 g/mol. The quantitative estimate of drug-likeness (QED) is 0.491. The van der Waals surface area contributed by atoms with Gasteiger partial charge < -0.3 is 24.8 Å². The minimum atomic E-state index is -0.192. The summed E-state index contributed by atoms with van der Waals surface area (Å²) in [6.45, 7) is 2.26. The van der Waals surface area contributed by atoms with Crippen molar-refractivity contribution in [1.29, 1.82) is 0 Å². The number of methoxy groups -OCH3 is 2. The number of rotatable bonds is 7. The molecule has 0 spiro atoms. The second-order valence-corrected chi connectivity index (χ2v) is 8.82. The van der Waals surface area contributed by atoms with Crippen LogP contribution in [-0.2, 0) is 4.79 Å². The summed E-state index contributed by atoms with van der Waals surface area (Å²) >= 11 is 13.1. The van der Waals surface area contributed by atoms with Gasteiger partial charge in [0.2, 0.25) is 11.9 Å². The van der Waals surface area contributed by atoms with Crippen LogP contribution in [0.2, 0.25) is 10.0 Å². The molecule has 0 radical (unpaired) electrons. The Hall–Kier alpha value is -2.81. The Morgan fingerprint density at radius 1 is 1.21 bits per heavy atom. The van der Waals surface area contributed by atoms with E-state index in [9.17, 15) is 9.90 Å². The van der Waals surface area contributed by atoms with Crippen molar-refractivity contribution in [3.8, 4) is 22.6 Å². The molecule has 1 aromatic heterocycles. The number of aliphatic hydroxyl groups excluding tert-OH is 1. The number of nitrogens with zero attached hydrogens (tertiary/aromatic N) is 3. The van der Waals surface area contributed by atoms with Gasteiger partial charge in [-0.05, 0) is 24.1 Å². The summed E-state index contributed by atoms with van der Waals surface area (Å²) in [6, 6.07) is 7.08. The third-order valence-electron chi connectivity index (χ3n) is 6.02. The van der Waals surface area contributed by atoms with Crippen molar-refractivity contribution < 1.29 is 19.4 Å². The molecule has 4 rings (SSSR count). The number of ether oxygens (including phenoxy) is 2. The molecule has 2 N–H and O–H groups in total. The lowest BCUT2D eigenvalue weighted by molar-refractivity contribution is -0.132. The van der Waals surface area contributed by atoms with E-state index in [4.69, 9.17) is 32.7 Å². The molecule has 1 saturated heterocycles. The zero-order valence-electron chi connectivity index (χ0n) is 19.1. The van der Waals surface area contributed by atoms with Gasteiger partial charge >= 0.3 is 0 Å². The molecule has 8 nitrogen and oxygen atoms in total. The van der Waals surface area contributed by atoms with E-state index >= 15 is 0 Å². The van der Waals surface area contributed by atoms with Crippen LogP contribution < -0.4 is 14.8 Å². The van der Waals surface area contributed by atoms with Gasteiger partial charge in [-0.1, -0.05) is 36.2 Å². The summed E-state index contributed by atoms with van der Waals surface area (Å²) in [7, 11) is 3.07. The second kappa shape index (κ2) is 10.2. The second-order valence-electron chi connectivity index (χ2n) is 8.06. The zero-order chi connectivity index (χ0) is 24.4. The summed E-state index contributed by atoms with van der Waals surface area (Å²) in [5.74, 6) is 1.41. The highest BCUT2D eigenvalue weighted by Crippen LogP contribution is 2.46. The van der Waals surface area contributed by atoms with Gasteiger partial charge in [0.15, 0.2) is 0 Å². The maximum Gasteiger partial charge on any atom is 0.223 e. The van der Waals surface area contributed by atoms with Gasteiger partial charge in [-0.2, -0.15) is 0 Å². The summed E-state index contributed by atoms with van der Waals surface area (Å²) < 4.78 is 10.7. The van der Waals surface area contributed by atoms with Crippen molar-refractivity contribution in [3.63, 3.8) is 0 Å². The van der Waals surface area contributed by atoms with Crippen LogP contribution in [-0.4, -0.2) is 65.3 Å². The van der Waals surface area contributed by atoms with Gasteiger partial charge in [0.25, 0.3) is 0 Å². The highest BCUT2D eigenvalue weighted by Gasteiger charge is 2.34. The van der Waals surface area contributed by atoms with Crippen LogP contribution in [0.3, 0.4) is 0 Å². The monoisotopic (exact) mass is 504 g/mol. The third kappa shape index (κ3) is 4.58. The van der Waals surface area contributed by atoms with Gasteiger partial charge in [0, 0.05) is 42.2 Å². The van der Waals surface area contributed by atoms with Crippen LogP contribution in [0.25, 0.3) is 22.0 Å². The maximum absolute atomic E-state index is 12.2. The average molecular weight is 505 g/mol. The first-order chi connectivity index (χ1) is 16.4.